The number of hydrazine groups is 1. The number of amides is 2. The number of carbonyl (C=O) groups is 2. The van der Waals surface area contributed by atoms with Gasteiger partial charge >= 0.3 is 0 Å². The molecule has 0 saturated heterocycles. The largest absolute Gasteiger partial charge is 0.283 e. The molecule has 2 aromatic heterocycles. The van der Waals surface area contributed by atoms with Crippen molar-refractivity contribution in [3.8, 4) is 11.1 Å². The number of nitrogens with one attached hydrogen (secondary N) is 2. The summed E-state index contributed by atoms with van der Waals surface area (Å²) in [7, 11) is 0. The Kier molecular flexibility index (Phi) is 7.01. The Morgan fingerprint density at radius 2 is 1.76 bits per heavy atom. The molecule has 7 nitrogen and oxygen atoms in total. The molecule has 166 valence electrons. The molecule has 0 aliphatic carbocycles. The van der Waals surface area contributed by atoms with Crippen LogP contribution in [0.25, 0.3) is 21.3 Å². The van der Waals surface area contributed by atoms with Crippen LogP contribution in [-0.4, -0.2) is 27.1 Å². The molecular weight excluding hydrogens is 456 g/mol. The van der Waals surface area contributed by atoms with Crippen LogP contribution in [0.1, 0.15) is 10.4 Å². The second-order valence-corrected chi connectivity index (χ2v) is 8.75. The molecule has 0 unspecified atom stereocenters. The van der Waals surface area contributed by atoms with Gasteiger partial charge in [-0.1, -0.05) is 66.4 Å². The standard InChI is InChI=1S/C24H20N4O3S2/c1-2-13-28-23(31)20-18(16-9-5-3-6-10-16)14-32-22(20)25-24(28)33-15-19(29)26-27-21(30)17-11-7-4-8-12-17/h2-12,14H,1,13,15H2,(H,26,29)(H,27,30). The van der Waals surface area contributed by atoms with Gasteiger partial charge in [0, 0.05) is 23.1 Å². The first-order valence-corrected chi connectivity index (χ1v) is 11.9. The van der Waals surface area contributed by atoms with Gasteiger partial charge in [0.1, 0.15) is 4.83 Å². The van der Waals surface area contributed by atoms with Gasteiger partial charge in [-0.2, -0.15) is 0 Å². The lowest BCUT2D eigenvalue weighted by atomic mass is 10.1. The molecule has 4 rings (SSSR count). The van der Waals surface area contributed by atoms with E-state index in [9.17, 15) is 14.4 Å². The van der Waals surface area contributed by atoms with Gasteiger partial charge < -0.3 is 0 Å². The number of nitrogens with zero attached hydrogens (tertiary/aromatic N) is 2. The minimum absolute atomic E-state index is 0.0267. The molecule has 0 atom stereocenters. The molecule has 0 radical (unpaired) electrons. The van der Waals surface area contributed by atoms with E-state index in [0.717, 1.165) is 22.9 Å². The fraction of sp³-hybridized carbons (Fsp3) is 0.0833. The number of rotatable bonds is 7. The predicted octanol–water partition coefficient (Wildman–Crippen LogP) is 3.86. The van der Waals surface area contributed by atoms with Gasteiger partial charge in [0.15, 0.2) is 5.16 Å². The van der Waals surface area contributed by atoms with Crippen molar-refractivity contribution in [2.24, 2.45) is 0 Å². The molecule has 0 aliphatic heterocycles. The van der Waals surface area contributed by atoms with Crippen molar-refractivity contribution in [2.45, 2.75) is 11.7 Å². The Balaban J connectivity index is 1.52. The Bertz CT molecular complexity index is 1370. The molecule has 2 aromatic carbocycles. The summed E-state index contributed by atoms with van der Waals surface area (Å²) in [5.74, 6) is -0.856. The highest BCUT2D eigenvalue weighted by molar-refractivity contribution is 7.99. The van der Waals surface area contributed by atoms with E-state index in [0.29, 0.717) is 20.9 Å². The summed E-state index contributed by atoms with van der Waals surface area (Å²) in [6.07, 6.45) is 1.62. The van der Waals surface area contributed by atoms with Crippen LogP contribution in [0.4, 0.5) is 0 Å². The topological polar surface area (TPSA) is 93.1 Å². The van der Waals surface area contributed by atoms with Gasteiger partial charge in [-0.3, -0.25) is 29.8 Å². The molecule has 2 amide bonds. The SMILES string of the molecule is C=CCn1c(SCC(=O)NNC(=O)c2ccccc2)nc2scc(-c3ccccc3)c2c1=O. The fourth-order valence-corrected chi connectivity index (χ4v) is 4.99. The van der Waals surface area contributed by atoms with Gasteiger partial charge in [0.05, 0.1) is 11.1 Å². The summed E-state index contributed by atoms with van der Waals surface area (Å²) in [6, 6.07) is 18.3. The van der Waals surface area contributed by atoms with Crippen LogP contribution in [0.15, 0.2) is 88.6 Å². The minimum atomic E-state index is -0.417. The van der Waals surface area contributed by atoms with Crippen molar-refractivity contribution in [3.05, 3.63) is 94.6 Å². The van der Waals surface area contributed by atoms with Crippen LogP contribution >= 0.6 is 23.1 Å². The van der Waals surface area contributed by atoms with Gasteiger partial charge in [-0.15, -0.1) is 17.9 Å². The first kappa shape index (κ1) is 22.5. The first-order chi connectivity index (χ1) is 16.1. The van der Waals surface area contributed by atoms with Crippen molar-refractivity contribution >= 4 is 45.1 Å². The smallest absolute Gasteiger partial charge is 0.269 e. The van der Waals surface area contributed by atoms with Gasteiger partial charge in [-0.05, 0) is 17.7 Å². The first-order valence-electron chi connectivity index (χ1n) is 10.0. The van der Waals surface area contributed by atoms with E-state index in [1.54, 1.807) is 36.4 Å². The van der Waals surface area contributed by atoms with Crippen molar-refractivity contribution in [1.29, 1.82) is 0 Å². The van der Waals surface area contributed by atoms with Crippen LogP contribution in [0, 0.1) is 0 Å². The lowest BCUT2D eigenvalue weighted by Gasteiger charge is -2.11. The van der Waals surface area contributed by atoms with E-state index in [4.69, 9.17) is 0 Å². The van der Waals surface area contributed by atoms with Gasteiger partial charge in [0.25, 0.3) is 11.5 Å². The summed E-state index contributed by atoms with van der Waals surface area (Å²) >= 11 is 2.51. The Morgan fingerprint density at radius 3 is 2.45 bits per heavy atom. The number of allylic oxidation sites excluding steroid dienone is 1. The zero-order valence-corrected chi connectivity index (χ0v) is 19.1. The van der Waals surface area contributed by atoms with Crippen LogP contribution in [0.2, 0.25) is 0 Å². The molecule has 33 heavy (non-hydrogen) atoms. The average Bonchev–Trinajstić information content (AvgIpc) is 3.28. The van der Waals surface area contributed by atoms with E-state index in [2.05, 4.69) is 22.4 Å². The number of aromatic nitrogens is 2. The average molecular weight is 477 g/mol. The second kappa shape index (κ2) is 10.3. The van der Waals surface area contributed by atoms with Crippen molar-refractivity contribution in [2.75, 3.05) is 5.75 Å². The molecule has 9 heteroatoms. The van der Waals surface area contributed by atoms with E-state index in [-0.39, 0.29) is 17.9 Å². The van der Waals surface area contributed by atoms with E-state index >= 15 is 0 Å². The summed E-state index contributed by atoms with van der Waals surface area (Å²) in [4.78, 5) is 42.9. The molecule has 0 saturated carbocycles. The van der Waals surface area contributed by atoms with Crippen molar-refractivity contribution in [1.82, 2.24) is 20.4 Å². The summed E-state index contributed by atoms with van der Waals surface area (Å²) in [6.45, 7) is 4.00. The normalized spacial score (nSPS) is 10.7. The molecule has 0 aliphatic rings. The fourth-order valence-electron chi connectivity index (χ4n) is 3.19. The molecule has 0 bridgehead atoms. The number of hydrogen-bond acceptors (Lipinski definition) is 6. The quantitative estimate of drug-likeness (QED) is 0.183. The number of thiophene rings is 1. The van der Waals surface area contributed by atoms with Crippen molar-refractivity contribution < 1.29 is 9.59 Å². The molecule has 2 heterocycles. The van der Waals surface area contributed by atoms with Gasteiger partial charge in [0.2, 0.25) is 5.91 Å². The monoisotopic (exact) mass is 476 g/mol. The molecule has 0 fully saturated rings. The van der Waals surface area contributed by atoms with Crippen LogP contribution in [0.5, 0.6) is 0 Å². The number of hydrogen-bond donors (Lipinski definition) is 2. The number of carbonyl (C=O) groups excluding carboxylic acids is 2. The minimum Gasteiger partial charge on any atom is -0.283 e. The highest BCUT2D eigenvalue weighted by Crippen LogP contribution is 2.32. The molecular formula is C24H20N4O3S2. The van der Waals surface area contributed by atoms with E-state index in [1.807, 2.05) is 35.7 Å². The van der Waals surface area contributed by atoms with Crippen LogP contribution in [0.3, 0.4) is 0 Å². The van der Waals surface area contributed by atoms with E-state index < -0.39 is 11.8 Å². The third-order valence-corrected chi connectivity index (χ3v) is 6.59. The Morgan fingerprint density at radius 1 is 1.06 bits per heavy atom. The summed E-state index contributed by atoms with van der Waals surface area (Å²) in [5, 5.41) is 2.89. The zero-order valence-electron chi connectivity index (χ0n) is 17.5. The molecule has 0 spiro atoms. The lowest BCUT2D eigenvalue weighted by molar-refractivity contribution is -0.119. The lowest BCUT2D eigenvalue weighted by Crippen LogP contribution is -2.42. The maximum atomic E-state index is 13.3. The number of fused-ring (bicyclic) bond motifs is 1. The predicted molar refractivity (Wildman–Crippen MR) is 132 cm³/mol. The van der Waals surface area contributed by atoms with E-state index in [1.165, 1.54) is 15.9 Å². The van der Waals surface area contributed by atoms with Crippen molar-refractivity contribution in [3.63, 3.8) is 0 Å². The van der Waals surface area contributed by atoms with Gasteiger partial charge in [-0.25, -0.2) is 4.98 Å². The highest BCUT2D eigenvalue weighted by atomic mass is 32.2. The summed E-state index contributed by atoms with van der Waals surface area (Å²) < 4.78 is 1.51. The third-order valence-electron chi connectivity index (χ3n) is 4.74. The molecule has 4 aromatic rings. The Hall–Kier alpha value is -3.69. The second-order valence-electron chi connectivity index (χ2n) is 6.95. The molecule has 2 N–H and O–H groups in total. The maximum Gasteiger partial charge on any atom is 0.269 e. The Labute approximate surface area is 198 Å². The maximum absolute atomic E-state index is 13.3. The third kappa shape index (κ3) is 5.05. The number of thioether (sulfide) groups is 1. The zero-order chi connectivity index (χ0) is 23.2. The number of benzene rings is 2. The highest BCUT2D eigenvalue weighted by Gasteiger charge is 2.18. The van der Waals surface area contributed by atoms with Crippen LogP contribution in [-0.2, 0) is 11.3 Å². The summed E-state index contributed by atoms with van der Waals surface area (Å²) in [5.41, 5.74) is 6.81. The van der Waals surface area contributed by atoms with Crippen LogP contribution < -0.4 is 16.4 Å².